The fourth-order valence-corrected chi connectivity index (χ4v) is 5.21. The van der Waals surface area contributed by atoms with Gasteiger partial charge in [-0.25, -0.2) is 0 Å². The molecule has 0 radical (unpaired) electrons. The normalized spacial score (nSPS) is 23.8. The lowest BCUT2D eigenvalue weighted by molar-refractivity contribution is -0.000341. The van der Waals surface area contributed by atoms with Gasteiger partial charge in [0.15, 0.2) is 8.32 Å². The molecule has 1 aromatic heterocycles. The van der Waals surface area contributed by atoms with E-state index >= 15 is 0 Å². The van der Waals surface area contributed by atoms with E-state index in [4.69, 9.17) is 13.6 Å². The highest BCUT2D eigenvalue weighted by Gasteiger charge is 2.40. The van der Waals surface area contributed by atoms with Gasteiger partial charge in [-0.3, -0.25) is 0 Å². The molecular weight excluding hydrogens is 364 g/mol. The number of hydrogen-bond acceptors (Lipinski definition) is 3. The molecule has 0 amide bonds. The van der Waals surface area contributed by atoms with Crippen molar-refractivity contribution in [3.63, 3.8) is 0 Å². The van der Waals surface area contributed by atoms with Crippen LogP contribution >= 0.6 is 0 Å². The lowest BCUT2D eigenvalue weighted by Crippen LogP contribution is -2.44. The molecule has 0 bridgehead atoms. The molecule has 1 aliphatic heterocycles. The summed E-state index contributed by atoms with van der Waals surface area (Å²) in [6, 6.07) is 3.96. The van der Waals surface area contributed by atoms with Crippen molar-refractivity contribution in [1.29, 1.82) is 0 Å². The van der Waals surface area contributed by atoms with Gasteiger partial charge in [0.1, 0.15) is 5.76 Å². The summed E-state index contributed by atoms with van der Waals surface area (Å²) in [4.78, 5) is 0. The van der Waals surface area contributed by atoms with Gasteiger partial charge in [0.25, 0.3) is 0 Å². The third-order valence-corrected chi connectivity index (χ3v) is 11.1. The zero-order valence-electron chi connectivity index (χ0n) is 19.4. The Kier molecular flexibility index (Phi) is 8.18. The van der Waals surface area contributed by atoms with Gasteiger partial charge in [-0.05, 0) is 68.4 Å². The van der Waals surface area contributed by atoms with Crippen LogP contribution in [0, 0.1) is 5.92 Å². The first-order valence-electron chi connectivity index (χ1n) is 11.1. The van der Waals surface area contributed by atoms with Crippen LogP contribution in [0.15, 0.2) is 28.9 Å². The molecule has 1 aromatic rings. The van der Waals surface area contributed by atoms with E-state index in [1.165, 1.54) is 5.57 Å². The predicted octanol–water partition coefficient (Wildman–Crippen LogP) is 7.45. The average molecular weight is 407 g/mol. The Morgan fingerprint density at radius 3 is 2.61 bits per heavy atom. The zero-order valence-corrected chi connectivity index (χ0v) is 20.4. The molecule has 0 aliphatic carbocycles. The van der Waals surface area contributed by atoms with Crippen molar-refractivity contribution in [3.8, 4) is 0 Å². The predicted molar refractivity (Wildman–Crippen MR) is 121 cm³/mol. The van der Waals surface area contributed by atoms with Crippen LogP contribution in [0.5, 0.6) is 0 Å². The molecule has 2 rings (SSSR count). The largest absolute Gasteiger partial charge is 0.465 e. The lowest BCUT2D eigenvalue weighted by atomic mass is 9.98. The van der Waals surface area contributed by atoms with Crippen LogP contribution in [0.2, 0.25) is 18.1 Å². The number of rotatable bonds is 9. The molecule has 1 aliphatic rings. The molecule has 4 heteroatoms. The van der Waals surface area contributed by atoms with Crippen LogP contribution in [-0.4, -0.2) is 26.6 Å². The fourth-order valence-electron chi connectivity index (χ4n) is 3.81. The number of allylic oxidation sites excluding steroid dienone is 1. The molecule has 0 aromatic carbocycles. The van der Waals surface area contributed by atoms with E-state index in [1.807, 2.05) is 12.1 Å². The molecule has 160 valence electrons. The molecule has 0 spiro atoms. The van der Waals surface area contributed by atoms with E-state index in [1.54, 1.807) is 6.26 Å². The van der Waals surface area contributed by atoms with Gasteiger partial charge in [0, 0.05) is 12.0 Å². The van der Waals surface area contributed by atoms with E-state index in [9.17, 15) is 0 Å². The van der Waals surface area contributed by atoms with Crippen molar-refractivity contribution in [1.82, 2.24) is 0 Å². The average Bonchev–Trinajstić information content (AvgIpc) is 3.25. The van der Waals surface area contributed by atoms with Crippen LogP contribution in [0.1, 0.15) is 79.4 Å². The summed E-state index contributed by atoms with van der Waals surface area (Å²) in [7, 11) is -1.74. The summed E-state index contributed by atoms with van der Waals surface area (Å²) in [6.07, 6.45) is 10.6. The summed E-state index contributed by atoms with van der Waals surface area (Å²) in [5, 5.41) is 0.251. The van der Waals surface area contributed by atoms with E-state index < -0.39 is 8.32 Å². The molecule has 0 N–H and O–H groups in total. The quantitative estimate of drug-likeness (QED) is 0.399. The van der Waals surface area contributed by atoms with Gasteiger partial charge in [0.2, 0.25) is 0 Å². The maximum absolute atomic E-state index is 6.75. The molecular formula is C24H42O3Si. The molecule has 4 atom stereocenters. The maximum Gasteiger partial charge on any atom is 0.192 e. The van der Waals surface area contributed by atoms with Crippen molar-refractivity contribution in [2.24, 2.45) is 5.92 Å². The van der Waals surface area contributed by atoms with Crippen LogP contribution in [-0.2, 0) is 9.16 Å². The second kappa shape index (κ2) is 9.77. The smallest absolute Gasteiger partial charge is 0.192 e. The second-order valence-corrected chi connectivity index (χ2v) is 14.8. The summed E-state index contributed by atoms with van der Waals surface area (Å²) >= 11 is 0. The van der Waals surface area contributed by atoms with Crippen molar-refractivity contribution >= 4 is 13.9 Å². The van der Waals surface area contributed by atoms with Crippen LogP contribution in [0.4, 0.5) is 0 Å². The molecule has 3 nitrogen and oxygen atoms in total. The number of hydrogen-bond donors (Lipinski definition) is 0. The maximum atomic E-state index is 6.75. The van der Waals surface area contributed by atoms with Gasteiger partial charge in [0.05, 0.1) is 18.5 Å². The van der Waals surface area contributed by atoms with Gasteiger partial charge >= 0.3 is 0 Å². The summed E-state index contributed by atoms with van der Waals surface area (Å²) in [6.45, 7) is 18.3. The molecule has 0 unspecified atom stereocenters. The van der Waals surface area contributed by atoms with Crippen molar-refractivity contribution in [2.45, 2.75) is 110 Å². The zero-order chi connectivity index (χ0) is 20.9. The molecule has 2 heterocycles. The van der Waals surface area contributed by atoms with Crippen LogP contribution in [0.3, 0.4) is 0 Å². The first-order valence-corrected chi connectivity index (χ1v) is 14.0. The molecule has 0 saturated carbocycles. The van der Waals surface area contributed by atoms with E-state index in [0.29, 0.717) is 24.2 Å². The minimum atomic E-state index is -1.74. The van der Waals surface area contributed by atoms with Gasteiger partial charge < -0.3 is 13.6 Å². The van der Waals surface area contributed by atoms with Crippen LogP contribution < -0.4 is 0 Å². The minimum absolute atomic E-state index is 0.251. The van der Waals surface area contributed by atoms with E-state index in [2.05, 4.69) is 60.7 Å². The Hall–Kier alpha value is -0.843. The minimum Gasteiger partial charge on any atom is -0.465 e. The standard InChI is InChI=1S/C24H42O3Si/c1-9-11-21(27-28(7,8)24(4,5)6)17-20-13-14-23(26-20)19(3)16-18(2)22-12-10-15-25-22/h10,12,15-16,19-21,23H,9,11,13-14,17H2,1-8H3/b18-16+/t19-,20-,21-,23+/m0/s1. The first-order chi connectivity index (χ1) is 13.0. The third kappa shape index (κ3) is 6.33. The topological polar surface area (TPSA) is 31.6 Å². The number of furan rings is 1. The Bertz CT molecular complexity index is 612. The van der Waals surface area contributed by atoms with Gasteiger partial charge in [-0.15, -0.1) is 0 Å². The Morgan fingerprint density at radius 1 is 1.32 bits per heavy atom. The SMILES string of the molecule is CCC[C@@H](C[C@@H]1CC[C@H]([C@@H](C)/C=C(\C)c2ccco2)O1)O[Si](C)(C)C(C)(C)C. The van der Waals surface area contributed by atoms with Gasteiger partial charge in [-0.2, -0.15) is 0 Å². The third-order valence-electron chi connectivity index (χ3n) is 6.55. The van der Waals surface area contributed by atoms with Crippen molar-refractivity contribution < 1.29 is 13.6 Å². The monoisotopic (exact) mass is 406 g/mol. The molecule has 1 saturated heterocycles. The van der Waals surface area contributed by atoms with E-state index in [-0.39, 0.29) is 5.04 Å². The Morgan fingerprint density at radius 2 is 2.04 bits per heavy atom. The summed E-state index contributed by atoms with van der Waals surface area (Å²) < 4.78 is 18.7. The fraction of sp³-hybridized carbons (Fsp3) is 0.750. The number of ether oxygens (including phenoxy) is 1. The highest BCUT2D eigenvalue weighted by molar-refractivity contribution is 6.74. The van der Waals surface area contributed by atoms with Crippen LogP contribution in [0.25, 0.3) is 5.57 Å². The lowest BCUT2D eigenvalue weighted by Gasteiger charge is -2.40. The molecule has 1 fully saturated rings. The highest BCUT2D eigenvalue weighted by Crippen LogP contribution is 2.39. The summed E-state index contributed by atoms with van der Waals surface area (Å²) in [5.74, 6) is 1.34. The second-order valence-electron chi connectivity index (χ2n) is 10.1. The molecule has 28 heavy (non-hydrogen) atoms. The summed E-state index contributed by atoms with van der Waals surface area (Å²) in [5.41, 5.74) is 1.19. The highest BCUT2D eigenvalue weighted by atomic mass is 28.4. The van der Waals surface area contributed by atoms with E-state index in [0.717, 1.165) is 37.9 Å². The van der Waals surface area contributed by atoms with Crippen molar-refractivity contribution in [2.75, 3.05) is 0 Å². The first kappa shape index (κ1) is 23.4. The van der Waals surface area contributed by atoms with Crippen molar-refractivity contribution in [3.05, 3.63) is 30.2 Å². The van der Waals surface area contributed by atoms with Gasteiger partial charge in [-0.1, -0.05) is 47.1 Å². The Balaban J connectivity index is 1.93. The Labute approximate surface area is 174 Å².